The molecule has 2 aliphatic carbocycles. The molecule has 17 nitrogen and oxygen atoms in total. The summed E-state index contributed by atoms with van der Waals surface area (Å²) in [4.78, 5) is 73.7. The van der Waals surface area contributed by atoms with Crippen molar-refractivity contribution in [3.05, 3.63) is 427 Å². The third kappa shape index (κ3) is 25.2. The van der Waals surface area contributed by atoms with Crippen molar-refractivity contribution in [2.45, 2.75) is 153 Å². The molecule has 2 aliphatic rings. The molecule has 0 saturated carbocycles. The predicted octanol–water partition coefficient (Wildman–Crippen LogP) is 26.6. The van der Waals surface area contributed by atoms with Gasteiger partial charge in [-0.1, -0.05) is 175 Å². The zero-order valence-corrected chi connectivity index (χ0v) is 77.5. The Hall–Kier alpha value is -15.5. The number of rotatable bonds is 32. The van der Waals surface area contributed by atoms with E-state index in [-0.39, 0.29) is 128 Å². The van der Waals surface area contributed by atoms with Crippen LogP contribution in [0.25, 0.3) is 72.9 Å². The molecule has 20 rings (SSSR count). The first-order valence-corrected chi connectivity index (χ1v) is 47.1. The minimum atomic E-state index is -4.52. The highest BCUT2D eigenvalue weighted by molar-refractivity contribution is 7.12. The van der Waals surface area contributed by atoms with Crippen LogP contribution in [0.4, 0.5) is 43.9 Å². The Morgan fingerprint density at radius 3 is 1.55 bits per heavy atom. The van der Waals surface area contributed by atoms with Crippen molar-refractivity contribution in [1.82, 2.24) is 50.1 Å². The fraction of sp³-hybridized carbons (Fsp3) is 0.212. The topological polar surface area (TPSA) is 234 Å². The van der Waals surface area contributed by atoms with Crippen LogP contribution in [0.3, 0.4) is 0 Å². The molecule has 0 saturated heterocycles. The number of nitrogens with one attached hydrogen (secondary N) is 2. The van der Waals surface area contributed by atoms with Crippen LogP contribution >= 0.6 is 11.3 Å². The third-order valence-corrected chi connectivity index (χ3v) is 26.0. The maximum atomic E-state index is 13.9. The highest BCUT2D eigenvalue weighted by atomic mass is 32.1. The Bertz CT molecular complexity index is 7420. The summed E-state index contributed by atoms with van der Waals surface area (Å²) in [6, 6.07) is 76.3. The van der Waals surface area contributed by atoms with E-state index in [4.69, 9.17) is 18.3 Å². The van der Waals surface area contributed by atoms with E-state index in [0.717, 1.165) is 106 Å². The quantitative estimate of drug-likeness (QED) is 0.0373. The van der Waals surface area contributed by atoms with Crippen molar-refractivity contribution in [3.8, 4) is 45.6 Å². The third-order valence-electron chi connectivity index (χ3n) is 24.9. The number of allylic oxidation sites excluding steroid dienone is 2. The number of H-pyrrole nitrogens is 2. The number of halogens is 10. The van der Waals surface area contributed by atoms with Gasteiger partial charge in [0.05, 0.1) is 23.4 Å². The number of fused-ring (bicyclic) bond motifs is 4. The maximum Gasteiger partial charge on any atom is 0.435 e. The Labute approximate surface area is 809 Å². The molecule has 0 bridgehead atoms. The van der Waals surface area contributed by atoms with Crippen molar-refractivity contribution >= 4 is 61.8 Å². The Morgan fingerprint density at radius 1 is 0.461 bits per heavy atom. The molecular weight excluding hydrogens is 1830 g/mol. The first-order valence-electron chi connectivity index (χ1n) is 46.3. The number of hydrogen-bond donors (Lipinski definition) is 2. The number of oxazole rings is 1. The van der Waals surface area contributed by atoms with E-state index >= 15 is 0 Å². The second-order valence-electron chi connectivity index (χ2n) is 35.4. The molecule has 714 valence electrons. The maximum absolute atomic E-state index is 13.9. The number of hydrogen-bond acceptors (Lipinski definition) is 15. The van der Waals surface area contributed by atoms with Crippen molar-refractivity contribution in [2.75, 3.05) is 0 Å². The second kappa shape index (κ2) is 44.6. The standard InChI is InChI=1S/C30H24F3NO2.C29H28F3N3OS.C27H20F3N3O2.C27H22FN3O2/c1-18-2-4-21(5-3-18)30-34-17-29(36-30)23(10-19-11-25(32)15-26(33)12-19)14-27(35)13-22-7-6-20-8-9-24(31)16-28(20)22;1-19-33-26(21-12-6-3-7-13-21)27(37-19)22(16-20-10-4-2-5-11-20)17-23(36)18-35-25-15-9-8-14-24(25)28(34-35)29(30,31)32;28-20-6-7-25-24(14-20)19(15-31-25)12-23(34)11-18(8-16-9-21(29)13-22(30)10-16)27-33-32-26(35-27)17-4-2-1-3-5-17;28-22-11-12-25-24(16-22)21(17-29-25)15-23(32)14-20(13-18-7-3-1-4-8-18)27-30-26(31-33-27)19-9-5-2-6-10-19/h2-5,7-9,11-12,15-17,23H,6,10,13-14H2,1H3;2-7,10-13,22H,8-9,14-18H2,1H3;1-7,9-10,13-15,18,31H,8,11-12H2;1-12,16-17,20,29H,13-15H2/t;;18-;20-/m..11/s1. The van der Waals surface area contributed by atoms with Gasteiger partial charge in [-0.15, -0.1) is 21.5 Å². The van der Waals surface area contributed by atoms with Gasteiger partial charge in [-0.05, 0) is 219 Å². The van der Waals surface area contributed by atoms with E-state index in [9.17, 15) is 63.1 Å². The SMILES string of the molecule is Cc1ccc(-c2ncc(C(CC(=O)CC3=CCc4ccc(F)cc43)Cc3cc(F)cc(F)c3)o2)cc1.Cc1nc(-c2ccccc2)c(C(CC(=O)Cn2nc(C(F)(F)F)c3c2CCCC3)Cc2ccccc2)s1.O=C(Cc1c[nH]c2ccc(F)cc12)C[C@@H](Cc1cc(F)cc(F)c1)c1nnc(-c2ccccc2)o1.O=C(Cc1c[nH]c2ccc(F)cc12)C[C@@H](Cc1ccccc1)c1nc(-c2ccccc2)no1. The summed E-state index contributed by atoms with van der Waals surface area (Å²) in [6.45, 7) is 3.79. The smallest absolute Gasteiger partial charge is 0.435 e. The zero-order valence-electron chi connectivity index (χ0n) is 76.7. The number of ketones is 4. The van der Waals surface area contributed by atoms with Crippen LogP contribution < -0.4 is 0 Å². The van der Waals surface area contributed by atoms with E-state index in [1.165, 1.54) is 65.3 Å². The second-order valence-corrected chi connectivity index (χ2v) is 36.6. The lowest BCUT2D eigenvalue weighted by Gasteiger charge is -2.18. The summed E-state index contributed by atoms with van der Waals surface area (Å²) >= 11 is 1.58. The fourth-order valence-corrected chi connectivity index (χ4v) is 19.3. The number of benzene rings is 11. The van der Waals surface area contributed by atoms with Crippen LogP contribution in [0.15, 0.2) is 305 Å². The number of thiazole rings is 1. The molecule has 2 unspecified atom stereocenters. The molecule has 18 aromatic rings. The Morgan fingerprint density at radius 2 is 0.957 bits per heavy atom. The zero-order chi connectivity index (χ0) is 98.2. The minimum absolute atomic E-state index is 0.00343. The summed E-state index contributed by atoms with van der Waals surface area (Å²) in [5.74, 6) is -3.33. The lowest BCUT2D eigenvalue weighted by Crippen LogP contribution is -2.19. The minimum Gasteiger partial charge on any atom is -0.441 e. The lowest BCUT2D eigenvalue weighted by atomic mass is 9.90. The highest BCUT2D eigenvalue weighted by Crippen LogP contribution is 2.42. The molecule has 4 atom stereocenters. The normalized spacial score (nSPS) is 13.1. The van der Waals surface area contributed by atoms with Crippen LogP contribution in [0.1, 0.15) is 163 Å². The van der Waals surface area contributed by atoms with Crippen molar-refractivity contribution < 1.29 is 76.4 Å². The number of alkyl halides is 3. The first-order chi connectivity index (χ1) is 68.2. The Balaban J connectivity index is 0.000000130. The lowest BCUT2D eigenvalue weighted by molar-refractivity contribution is -0.142. The van der Waals surface area contributed by atoms with Crippen molar-refractivity contribution in [3.63, 3.8) is 0 Å². The summed E-state index contributed by atoms with van der Waals surface area (Å²) in [7, 11) is 0. The average Bonchev–Trinajstić information content (AvgIpc) is 1.63. The van der Waals surface area contributed by atoms with Crippen molar-refractivity contribution in [1.29, 1.82) is 0 Å². The van der Waals surface area contributed by atoms with Gasteiger partial charge in [-0.3, -0.25) is 23.9 Å². The van der Waals surface area contributed by atoms with E-state index in [1.807, 2.05) is 196 Å². The molecule has 0 radical (unpaired) electrons. The van der Waals surface area contributed by atoms with E-state index in [0.29, 0.717) is 95.2 Å². The van der Waals surface area contributed by atoms with Gasteiger partial charge in [0.1, 0.15) is 63.8 Å². The van der Waals surface area contributed by atoms with Gasteiger partial charge >= 0.3 is 6.18 Å². The number of aryl methyl sites for hydroxylation is 2. The molecule has 0 spiro atoms. The van der Waals surface area contributed by atoms with Crippen LogP contribution in [0, 0.1) is 54.6 Å². The molecule has 0 aliphatic heterocycles. The molecule has 7 heterocycles. The molecular formula is C113H94F10N10O7S. The molecule has 11 aromatic carbocycles. The van der Waals surface area contributed by atoms with Gasteiger partial charge in [0.25, 0.3) is 0 Å². The molecule has 141 heavy (non-hydrogen) atoms. The summed E-state index contributed by atoms with van der Waals surface area (Å²) < 4.78 is 156. The predicted molar refractivity (Wildman–Crippen MR) is 519 cm³/mol. The highest BCUT2D eigenvalue weighted by Gasteiger charge is 2.40. The largest absolute Gasteiger partial charge is 0.441 e. The number of nitrogens with zero attached hydrogens (tertiary/aromatic N) is 8. The van der Waals surface area contributed by atoms with Crippen LogP contribution in [0.2, 0.25) is 0 Å². The van der Waals surface area contributed by atoms with Gasteiger partial charge in [0.15, 0.2) is 11.5 Å². The summed E-state index contributed by atoms with van der Waals surface area (Å²) in [6.07, 6.45) is 8.00. The number of aromatic amines is 2. The van der Waals surface area contributed by atoms with Gasteiger partial charge in [0.2, 0.25) is 29.4 Å². The van der Waals surface area contributed by atoms with Gasteiger partial charge in [-0.25, -0.2) is 40.7 Å². The number of carbonyl (C=O) groups is 4. The molecule has 0 fully saturated rings. The summed E-state index contributed by atoms with van der Waals surface area (Å²) in [5.41, 5.74) is 13.8. The van der Waals surface area contributed by atoms with Gasteiger partial charge in [0, 0.05) is 153 Å². The van der Waals surface area contributed by atoms with E-state index in [1.54, 1.807) is 48.1 Å². The molecule has 28 heteroatoms. The molecule has 7 aromatic heterocycles. The van der Waals surface area contributed by atoms with Gasteiger partial charge in [-0.2, -0.15) is 23.3 Å². The summed E-state index contributed by atoms with van der Waals surface area (Å²) in [5, 5.41) is 18.5. The van der Waals surface area contributed by atoms with E-state index < -0.39 is 52.8 Å². The van der Waals surface area contributed by atoms with Crippen LogP contribution in [-0.2, 0) is 89.7 Å². The Kier molecular flexibility index (Phi) is 30.7. The van der Waals surface area contributed by atoms with Crippen LogP contribution in [-0.4, -0.2) is 73.2 Å². The average molecular weight is 1930 g/mol. The molecule has 2 N–H and O–H groups in total. The van der Waals surface area contributed by atoms with E-state index in [2.05, 4.69) is 40.4 Å². The number of Topliss-reactive ketones (excluding diaryl/α,β-unsaturated/α-hetero) is 4. The molecule has 0 amide bonds. The first kappa shape index (κ1) is 97.2. The number of aromatic nitrogens is 10. The van der Waals surface area contributed by atoms with Gasteiger partial charge < -0.3 is 23.3 Å². The fourth-order valence-electron chi connectivity index (χ4n) is 18.2. The van der Waals surface area contributed by atoms with Crippen LogP contribution in [0.5, 0.6) is 0 Å². The monoisotopic (exact) mass is 1920 g/mol. The van der Waals surface area contributed by atoms with Crippen molar-refractivity contribution in [2.24, 2.45) is 0 Å². The number of carbonyl (C=O) groups excluding carboxylic acids is 4.